The summed E-state index contributed by atoms with van der Waals surface area (Å²) in [7, 11) is 0. The molecule has 0 saturated heterocycles. The van der Waals surface area contributed by atoms with E-state index < -0.39 is 0 Å². The van der Waals surface area contributed by atoms with E-state index in [9.17, 15) is 5.11 Å². The zero-order valence-electron chi connectivity index (χ0n) is 12.6. The van der Waals surface area contributed by atoms with Gasteiger partial charge >= 0.3 is 0 Å². The molecule has 0 unspecified atom stereocenters. The zero-order chi connectivity index (χ0) is 14.7. The number of hydrogen-bond donors (Lipinski definition) is 1. The first kappa shape index (κ1) is 14.2. The highest BCUT2D eigenvalue weighted by atomic mass is 16.3. The van der Waals surface area contributed by atoms with Crippen molar-refractivity contribution in [1.82, 2.24) is 0 Å². The second kappa shape index (κ2) is 6.31. The molecule has 0 radical (unpaired) electrons. The SMILES string of the molecule is Cc1ccc(N(c2ccccc2)C2CCC(O)CC2)cc1. The first-order valence-corrected chi connectivity index (χ1v) is 7.83. The molecule has 0 bridgehead atoms. The number of nitrogens with zero attached hydrogens (tertiary/aromatic N) is 1. The van der Waals surface area contributed by atoms with Gasteiger partial charge in [-0.1, -0.05) is 35.9 Å². The van der Waals surface area contributed by atoms with Crippen molar-refractivity contribution in [3.8, 4) is 0 Å². The van der Waals surface area contributed by atoms with E-state index in [0.717, 1.165) is 25.7 Å². The average Bonchev–Trinajstić information content (AvgIpc) is 2.52. The third-order valence-electron chi connectivity index (χ3n) is 4.38. The summed E-state index contributed by atoms with van der Waals surface area (Å²) < 4.78 is 0. The second-order valence-electron chi connectivity index (χ2n) is 6.00. The number of aliphatic hydroxyl groups is 1. The summed E-state index contributed by atoms with van der Waals surface area (Å²) in [5.74, 6) is 0. The van der Waals surface area contributed by atoms with Gasteiger partial charge in [0.05, 0.1) is 6.10 Å². The van der Waals surface area contributed by atoms with Crippen LogP contribution in [0.4, 0.5) is 11.4 Å². The van der Waals surface area contributed by atoms with Crippen LogP contribution in [0.15, 0.2) is 54.6 Å². The molecule has 0 aliphatic heterocycles. The van der Waals surface area contributed by atoms with Crippen LogP contribution >= 0.6 is 0 Å². The number of benzene rings is 2. The van der Waals surface area contributed by atoms with Crippen LogP contribution in [0.1, 0.15) is 31.2 Å². The smallest absolute Gasteiger partial charge is 0.0541 e. The van der Waals surface area contributed by atoms with Crippen molar-refractivity contribution in [3.63, 3.8) is 0 Å². The van der Waals surface area contributed by atoms with Crippen LogP contribution in [0.2, 0.25) is 0 Å². The lowest BCUT2D eigenvalue weighted by atomic mass is 9.91. The molecular formula is C19H23NO. The molecule has 1 fully saturated rings. The molecule has 1 N–H and O–H groups in total. The topological polar surface area (TPSA) is 23.5 Å². The minimum Gasteiger partial charge on any atom is -0.393 e. The van der Waals surface area contributed by atoms with Gasteiger partial charge in [-0.15, -0.1) is 0 Å². The molecule has 21 heavy (non-hydrogen) atoms. The predicted octanol–water partition coefficient (Wildman–Crippen LogP) is 4.44. The lowest BCUT2D eigenvalue weighted by molar-refractivity contribution is 0.123. The van der Waals surface area contributed by atoms with E-state index in [4.69, 9.17) is 0 Å². The van der Waals surface area contributed by atoms with Gasteiger partial charge in [0.2, 0.25) is 0 Å². The fourth-order valence-electron chi connectivity index (χ4n) is 3.18. The summed E-state index contributed by atoms with van der Waals surface area (Å²) in [5, 5.41) is 9.77. The first-order chi connectivity index (χ1) is 10.2. The van der Waals surface area contributed by atoms with Crippen molar-refractivity contribution < 1.29 is 5.11 Å². The number of para-hydroxylation sites is 1. The average molecular weight is 281 g/mol. The summed E-state index contributed by atoms with van der Waals surface area (Å²) in [5.41, 5.74) is 3.77. The molecule has 2 nitrogen and oxygen atoms in total. The highest BCUT2D eigenvalue weighted by molar-refractivity contribution is 5.64. The summed E-state index contributed by atoms with van der Waals surface area (Å²) >= 11 is 0. The maximum Gasteiger partial charge on any atom is 0.0541 e. The summed E-state index contributed by atoms with van der Waals surface area (Å²) in [6, 6.07) is 19.8. The van der Waals surface area contributed by atoms with Crippen LogP contribution in [0.3, 0.4) is 0 Å². The van der Waals surface area contributed by atoms with Crippen molar-refractivity contribution in [1.29, 1.82) is 0 Å². The highest BCUT2D eigenvalue weighted by Crippen LogP contribution is 2.34. The van der Waals surface area contributed by atoms with Crippen LogP contribution in [0.5, 0.6) is 0 Å². The number of aryl methyl sites for hydroxylation is 1. The van der Waals surface area contributed by atoms with Crippen molar-refractivity contribution >= 4 is 11.4 Å². The fraction of sp³-hybridized carbons (Fsp3) is 0.368. The van der Waals surface area contributed by atoms with Gasteiger partial charge in [-0.2, -0.15) is 0 Å². The lowest BCUT2D eigenvalue weighted by Gasteiger charge is -2.37. The Kier molecular flexibility index (Phi) is 4.26. The van der Waals surface area contributed by atoms with Gasteiger partial charge in [0, 0.05) is 17.4 Å². The van der Waals surface area contributed by atoms with E-state index in [0.29, 0.717) is 6.04 Å². The number of anilines is 2. The number of hydrogen-bond acceptors (Lipinski definition) is 2. The molecule has 110 valence electrons. The van der Waals surface area contributed by atoms with Gasteiger partial charge in [-0.05, 0) is 56.9 Å². The van der Waals surface area contributed by atoms with E-state index in [1.54, 1.807) is 0 Å². The third-order valence-corrected chi connectivity index (χ3v) is 4.38. The summed E-state index contributed by atoms with van der Waals surface area (Å²) in [4.78, 5) is 2.44. The Hall–Kier alpha value is -1.80. The largest absolute Gasteiger partial charge is 0.393 e. The standard InChI is InChI=1S/C19H23NO/c1-15-7-9-17(10-8-15)20(16-5-3-2-4-6-16)18-11-13-19(21)14-12-18/h2-10,18-19,21H,11-14H2,1H3. The van der Waals surface area contributed by atoms with Crippen molar-refractivity contribution in [2.24, 2.45) is 0 Å². The van der Waals surface area contributed by atoms with Crippen molar-refractivity contribution in [2.45, 2.75) is 44.8 Å². The Balaban J connectivity index is 1.93. The van der Waals surface area contributed by atoms with Crippen LogP contribution in [0.25, 0.3) is 0 Å². The van der Waals surface area contributed by atoms with Crippen LogP contribution in [-0.4, -0.2) is 17.3 Å². The molecule has 0 atom stereocenters. The van der Waals surface area contributed by atoms with E-state index in [2.05, 4.69) is 66.4 Å². The summed E-state index contributed by atoms with van der Waals surface area (Å²) in [6.45, 7) is 2.12. The molecule has 2 aromatic rings. The van der Waals surface area contributed by atoms with Gasteiger partial charge in [-0.25, -0.2) is 0 Å². The predicted molar refractivity (Wildman–Crippen MR) is 88.0 cm³/mol. The van der Waals surface area contributed by atoms with Gasteiger partial charge in [0.25, 0.3) is 0 Å². The Bertz CT molecular complexity index is 556. The minimum atomic E-state index is -0.114. The first-order valence-electron chi connectivity index (χ1n) is 7.83. The quantitative estimate of drug-likeness (QED) is 0.899. The maximum absolute atomic E-state index is 9.77. The monoisotopic (exact) mass is 281 g/mol. The van der Waals surface area contributed by atoms with Crippen LogP contribution < -0.4 is 4.90 Å². The molecule has 3 rings (SSSR count). The number of aliphatic hydroxyl groups excluding tert-OH is 1. The van der Waals surface area contributed by atoms with Crippen LogP contribution in [-0.2, 0) is 0 Å². The van der Waals surface area contributed by atoms with Gasteiger partial charge in [0.1, 0.15) is 0 Å². The molecule has 2 aromatic carbocycles. The van der Waals surface area contributed by atoms with Gasteiger partial charge < -0.3 is 10.0 Å². The molecule has 1 aliphatic carbocycles. The maximum atomic E-state index is 9.77. The molecule has 0 spiro atoms. The molecular weight excluding hydrogens is 258 g/mol. The van der Waals surface area contributed by atoms with Gasteiger partial charge in [0.15, 0.2) is 0 Å². The second-order valence-corrected chi connectivity index (χ2v) is 6.00. The zero-order valence-corrected chi connectivity index (χ0v) is 12.6. The van der Waals surface area contributed by atoms with Crippen LogP contribution in [0, 0.1) is 6.92 Å². The third kappa shape index (κ3) is 3.27. The fourth-order valence-corrected chi connectivity index (χ4v) is 3.18. The Morgan fingerprint density at radius 1 is 0.810 bits per heavy atom. The molecule has 2 heteroatoms. The molecule has 0 amide bonds. The van der Waals surface area contributed by atoms with E-state index >= 15 is 0 Å². The Morgan fingerprint density at radius 2 is 1.38 bits per heavy atom. The minimum absolute atomic E-state index is 0.114. The molecule has 0 heterocycles. The van der Waals surface area contributed by atoms with Crippen molar-refractivity contribution in [3.05, 3.63) is 60.2 Å². The van der Waals surface area contributed by atoms with E-state index in [-0.39, 0.29) is 6.10 Å². The molecule has 0 aromatic heterocycles. The van der Waals surface area contributed by atoms with Crippen molar-refractivity contribution in [2.75, 3.05) is 4.90 Å². The molecule has 1 saturated carbocycles. The summed E-state index contributed by atoms with van der Waals surface area (Å²) in [6.07, 6.45) is 3.78. The number of rotatable bonds is 3. The molecule has 1 aliphatic rings. The van der Waals surface area contributed by atoms with E-state index in [1.165, 1.54) is 16.9 Å². The normalized spacial score (nSPS) is 22.0. The Morgan fingerprint density at radius 3 is 2.00 bits per heavy atom. The highest BCUT2D eigenvalue weighted by Gasteiger charge is 2.26. The van der Waals surface area contributed by atoms with E-state index in [1.807, 2.05) is 0 Å². The lowest BCUT2D eigenvalue weighted by Crippen LogP contribution is -2.36. The van der Waals surface area contributed by atoms with Gasteiger partial charge in [-0.3, -0.25) is 0 Å². The Labute approximate surface area is 127 Å².